The standard InChI is InChI=1S/C24H20N4O2/c29-24(19-14-20(17-26-16-19)27-15-18-10-12-25-13-11-18)28-22-8-4-5-9-23(22)30-21-6-2-1-3-7-21/h1-14,16-17,27H,15H2,(H,28,29). The van der Waals surface area contributed by atoms with Gasteiger partial charge in [0.15, 0.2) is 5.75 Å². The van der Waals surface area contributed by atoms with E-state index in [2.05, 4.69) is 20.6 Å². The number of amides is 1. The molecular weight excluding hydrogens is 376 g/mol. The lowest BCUT2D eigenvalue weighted by atomic mass is 10.2. The van der Waals surface area contributed by atoms with Crippen LogP contribution in [0.1, 0.15) is 15.9 Å². The van der Waals surface area contributed by atoms with Gasteiger partial charge in [0.2, 0.25) is 0 Å². The number of carbonyl (C=O) groups excluding carboxylic acids is 1. The van der Waals surface area contributed by atoms with Crippen molar-refractivity contribution in [3.8, 4) is 11.5 Å². The smallest absolute Gasteiger partial charge is 0.257 e. The minimum Gasteiger partial charge on any atom is -0.455 e. The zero-order valence-electron chi connectivity index (χ0n) is 16.2. The Morgan fingerprint density at radius 2 is 1.63 bits per heavy atom. The average Bonchev–Trinajstić information content (AvgIpc) is 2.80. The van der Waals surface area contributed by atoms with Crippen LogP contribution >= 0.6 is 0 Å². The Morgan fingerprint density at radius 1 is 0.867 bits per heavy atom. The molecule has 2 aromatic carbocycles. The number of hydrogen-bond donors (Lipinski definition) is 2. The summed E-state index contributed by atoms with van der Waals surface area (Å²) < 4.78 is 5.91. The van der Waals surface area contributed by atoms with E-state index < -0.39 is 0 Å². The molecule has 0 spiro atoms. The highest BCUT2D eigenvalue weighted by Gasteiger charge is 2.11. The zero-order chi connectivity index (χ0) is 20.6. The maximum atomic E-state index is 12.8. The second kappa shape index (κ2) is 9.34. The van der Waals surface area contributed by atoms with Gasteiger partial charge in [-0.3, -0.25) is 14.8 Å². The monoisotopic (exact) mass is 396 g/mol. The van der Waals surface area contributed by atoms with Crippen molar-refractivity contribution in [1.29, 1.82) is 0 Å². The molecule has 2 N–H and O–H groups in total. The van der Waals surface area contributed by atoms with Gasteiger partial charge in [0.25, 0.3) is 5.91 Å². The van der Waals surface area contributed by atoms with Gasteiger partial charge in [-0.15, -0.1) is 0 Å². The quantitative estimate of drug-likeness (QED) is 0.453. The summed E-state index contributed by atoms with van der Waals surface area (Å²) in [6, 6.07) is 22.4. The van der Waals surface area contributed by atoms with Gasteiger partial charge in [-0.25, -0.2) is 0 Å². The number of hydrogen-bond acceptors (Lipinski definition) is 5. The van der Waals surface area contributed by atoms with Crippen molar-refractivity contribution in [2.24, 2.45) is 0 Å². The van der Waals surface area contributed by atoms with Crippen LogP contribution in [0.5, 0.6) is 11.5 Å². The molecule has 0 saturated carbocycles. The van der Waals surface area contributed by atoms with Crippen LogP contribution < -0.4 is 15.4 Å². The van der Waals surface area contributed by atoms with E-state index >= 15 is 0 Å². The third-order valence-corrected chi connectivity index (χ3v) is 4.35. The molecule has 6 nitrogen and oxygen atoms in total. The largest absolute Gasteiger partial charge is 0.455 e. The summed E-state index contributed by atoms with van der Waals surface area (Å²) in [6.45, 7) is 0.614. The Balaban J connectivity index is 1.45. The molecule has 0 unspecified atom stereocenters. The highest BCUT2D eigenvalue weighted by Crippen LogP contribution is 2.29. The molecule has 1 amide bonds. The Morgan fingerprint density at radius 3 is 2.47 bits per heavy atom. The van der Waals surface area contributed by atoms with Gasteiger partial charge < -0.3 is 15.4 Å². The Kier molecular flexibility index (Phi) is 5.96. The lowest BCUT2D eigenvalue weighted by molar-refractivity contribution is 0.102. The molecular formula is C24H20N4O2. The van der Waals surface area contributed by atoms with E-state index in [1.54, 1.807) is 30.7 Å². The van der Waals surface area contributed by atoms with E-state index in [4.69, 9.17) is 4.74 Å². The molecule has 0 aliphatic rings. The van der Waals surface area contributed by atoms with Crippen molar-refractivity contribution >= 4 is 17.3 Å². The summed E-state index contributed by atoms with van der Waals surface area (Å²) in [6.07, 6.45) is 6.71. The van der Waals surface area contributed by atoms with Crippen LogP contribution in [-0.2, 0) is 6.54 Å². The molecule has 0 fully saturated rings. The van der Waals surface area contributed by atoms with Crippen molar-refractivity contribution in [2.45, 2.75) is 6.54 Å². The molecule has 2 aromatic heterocycles. The summed E-state index contributed by atoms with van der Waals surface area (Å²) in [4.78, 5) is 21.0. The number of nitrogens with one attached hydrogen (secondary N) is 2. The number of carbonyl (C=O) groups is 1. The van der Waals surface area contributed by atoms with Gasteiger partial charge in [-0.2, -0.15) is 0 Å². The van der Waals surface area contributed by atoms with Crippen molar-refractivity contribution in [3.05, 3.63) is 109 Å². The van der Waals surface area contributed by atoms with E-state index in [0.717, 1.165) is 11.3 Å². The molecule has 0 aliphatic carbocycles. The molecule has 30 heavy (non-hydrogen) atoms. The number of rotatable bonds is 7. The fraction of sp³-hybridized carbons (Fsp3) is 0.0417. The molecule has 0 aliphatic heterocycles. The van der Waals surface area contributed by atoms with Crippen LogP contribution in [0.2, 0.25) is 0 Å². The van der Waals surface area contributed by atoms with Crippen LogP contribution in [0.15, 0.2) is 97.6 Å². The number of ether oxygens (including phenoxy) is 1. The highest BCUT2D eigenvalue weighted by molar-refractivity contribution is 6.05. The molecule has 0 radical (unpaired) electrons. The van der Waals surface area contributed by atoms with Gasteiger partial charge >= 0.3 is 0 Å². The van der Waals surface area contributed by atoms with Gasteiger partial charge in [0, 0.05) is 31.3 Å². The normalized spacial score (nSPS) is 10.3. The lowest BCUT2D eigenvalue weighted by Gasteiger charge is -2.13. The van der Waals surface area contributed by atoms with Gasteiger partial charge in [0.05, 0.1) is 16.9 Å². The maximum absolute atomic E-state index is 12.8. The minimum absolute atomic E-state index is 0.265. The van der Waals surface area contributed by atoms with Crippen LogP contribution in [0.4, 0.5) is 11.4 Å². The van der Waals surface area contributed by atoms with Crippen molar-refractivity contribution in [2.75, 3.05) is 10.6 Å². The molecule has 0 saturated heterocycles. The first-order chi connectivity index (χ1) is 14.8. The topological polar surface area (TPSA) is 76.1 Å². The molecule has 0 bridgehead atoms. The van der Waals surface area contributed by atoms with E-state index in [1.807, 2.05) is 60.7 Å². The van der Waals surface area contributed by atoms with Crippen LogP contribution in [0, 0.1) is 0 Å². The third kappa shape index (κ3) is 4.99. The molecule has 4 aromatic rings. The van der Waals surface area contributed by atoms with Crippen LogP contribution in [-0.4, -0.2) is 15.9 Å². The third-order valence-electron chi connectivity index (χ3n) is 4.35. The van der Waals surface area contributed by atoms with Crippen molar-refractivity contribution in [1.82, 2.24) is 9.97 Å². The fourth-order valence-electron chi connectivity index (χ4n) is 2.83. The Hall–Kier alpha value is -4.19. The predicted octanol–water partition coefficient (Wildman–Crippen LogP) is 5.13. The number of anilines is 2. The first-order valence-corrected chi connectivity index (χ1v) is 9.49. The van der Waals surface area contributed by atoms with E-state index in [-0.39, 0.29) is 5.91 Å². The first kappa shape index (κ1) is 19.1. The molecule has 2 heterocycles. The summed E-state index contributed by atoms with van der Waals surface area (Å²) in [7, 11) is 0. The first-order valence-electron chi connectivity index (χ1n) is 9.49. The summed E-state index contributed by atoms with van der Waals surface area (Å²) in [5.74, 6) is 0.999. The lowest BCUT2D eigenvalue weighted by Crippen LogP contribution is -2.13. The van der Waals surface area contributed by atoms with Crippen LogP contribution in [0.25, 0.3) is 0 Å². The average molecular weight is 396 g/mol. The number of aromatic nitrogens is 2. The second-order valence-electron chi connectivity index (χ2n) is 6.54. The SMILES string of the molecule is O=C(Nc1ccccc1Oc1ccccc1)c1cncc(NCc2ccncc2)c1. The van der Waals surface area contributed by atoms with Gasteiger partial charge in [-0.05, 0) is 48.0 Å². The molecule has 148 valence electrons. The summed E-state index contributed by atoms with van der Waals surface area (Å²) >= 11 is 0. The maximum Gasteiger partial charge on any atom is 0.257 e. The second-order valence-corrected chi connectivity index (χ2v) is 6.54. The molecule has 6 heteroatoms. The predicted molar refractivity (Wildman–Crippen MR) is 117 cm³/mol. The van der Waals surface area contributed by atoms with Crippen molar-refractivity contribution in [3.63, 3.8) is 0 Å². The van der Waals surface area contributed by atoms with Gasteiger partial charge in [-0.1, -0.05) is 30.3 Å². The number of nitrogens with zero attached hydrogens (tertiary/aromatic N) is 2. The molecule has 0 atom stereocenters. The number of pyridine rings is 2. The fourth-order valence-corrected chi connectivity index (χ4v) is 2.83. The summed E-state index contributed by atoms with van der Waals surface area (Å²) in [5.41, 5.74) is 2.88. The van der Waals surface area contributed by atoms with Crippen molar-refractivity contribution < 1.29 is 9.53 Å². The van der Waals surface area contributed by atoms with E-state index in [9.17, 15) is 4.79 Å². The minimum atomic E-state index is -0.265. The highest BCUT2D eigenvalue weighted by atomic mass is 16.5. The van der Waals surface area contributed by atoms with E-state index in [1.165, 1.54) is 6.20 Å². The Labute approximate surface area is 174 Å². The summed E-state index contributed by atoms with van der Waals surface area (Å²) in [5, 5.41) is 6.18. The molecule has 4 rings (SSSR count). The number of benzene rings is 2. The van der Waals surface area contributed by atoms with Crippen LogP contribution in [0.3, 0.4) is 0 Å². The Bertz CT molecular complexity index is 1120. The van der Waals surface area contributed by atoms with E-state index in [0.29, 0.717) is 29.3 Å². The van der Waals surface area contributed by atoms with Gasteiger partial charge in [0.1, 0.15) is 5.75 Å². The zero-order valence-corrected chi connectivity index (χ0v) is 16.2. The number of para-hydroxylation sites is 3.